The first-order chi connectivity index (χ1) is 5.92. The summed E-state index contributed by atoms with van der Waals surface area (Å²) in [7, 11) is 0. The number of furan rings is 1. The van der Waals surface area contributed by atoms with Gasteiger partial charge in [-0.25, -0.2) is 0 Å². The van der Waals surface area contributed by atoms with Gasteiger partial charge >= 0.3 is 0 Å². The Bertz CT molecular complexity index is 233. The summed E-state index contributed by atoms with van der Waals surface area (Å²) in [6.07, 6.45) is 1.68. The second kappa shape index (κ2) is 3.29. The highest BCUT2D eigenvalue weighted by atomic mass is 16.3. The zero-order valence-electron chi connectivity index (χ0n) is 6.86. The van der Waals surface area contributed by atoms with Crippen molar-refractivity contribution in [2.45, 2.75) is 5.92 Å². The topological polar surface area (TPSA) is 45.4 Å². The maximum Gasteiger partial charge on any atom is 0.108 e. The molecule has 0 aliphatic carbocycles. The molecular weight excluding hydrogens is 154 g/mol. The Kier molecular flexibility index (Phi) is 2.15. The predicted octanol–water partition coefficient (Wildman–Crippen LogP) is 0.575. The van der Waals surface area contributed by atoms with Gasteiger partial charge in [0, 0.05) is 31.5 Å². The van der Waals surface area contributed by atoms with Gasteiger partial charge in [0.2, 0.25) is 0 Å². The first kappa shape index (κ1) is 7.83. The second-order valence-corrected chi connectivity index (χ2v) is 3.22. The fraction of sp³-hybridized carbons (Fsp3) is 0.556. The van der Waals surface area contributed by atoms with E-state index >= 15 is 0 Å². The van der Waals surface area contributed by atoms with Crippen LogP contribution in [0.5, 0.6) is 0 Å². The first-order valence-corrected chi connectivity index (χ1v) is 4.27. The predicted molar refractivity (Wildman–Crippen MR) is 44.9 cm³/mol. The molecule has 1 saturated heterocycles. The lowest BCUT2D eigenvalue weighted by Crippen LogP contribution is -2.14. The summed E-state index contributed by atoms with van der Waals surface area (Å²) in [5, 5.41) is 12.3. The van der Waals surface area contributed by atoms with E-state index < -0.39 is 0 Å². The Morgan fingerprint density at radius 2 is 2.50 bits per heavy atom. The van der Waals surface area contributed by atoms with Crippen LogP contribution in [0, 0.1) is 5.92 Å². The van der Waals surface area contributed by atoms with Crippen LogP contribution in [-0.4, -0.2) is 24.8 Å². The van der Waals surface area contributed by atoms with Crippen molar-refractivity contribution in [2.24, 2.45) is 5.92 Å². The summed E-state index contributed by atoms with van der Waals surface area (Å²) in [6.45, 7) is 2.04. The quantitative estimate of drug-likeness (QED) is 0.677. The van der Waals surface area contributed by atoms with Gasteiger partial charge in [-0.1, -0.05) is 0 Å². The summed E-state index contributed by atoms with van der Waals surface area (Å²) < 4.78 is 5.30. The third-order valence-electron chi connectivity index (χ3n) is 2.48. The third kappa shape index (κ3) is 1.26. The second-order valence-electron chi connectivity index (χ2n) is 3.22. The summed E-state index contributed by atoms with van der Waals surface area (Å²) in [6, 6.07) is 3.86. The molecule has 0 aromatic carbocycles. The van der Waals surface area contributed by atoms with E-state index in [1.54, 1.807) is 6.26 Å². The van der Waals surface area contributed by atoms with Crippen molar-refractivity contribution >= 4 is 0 Å². The monoisotopic (exact) mass is 167 g/mol. The summed E-state index contributed by atoms with van der Waals surface area (Å²) >= 11 is 0. The molecule has 2 rings (SSSR count). The van der Waals surface area contributed by atoms with E-state index in [4.69, 9.17) is 9.52 Å². The number of hydrogen-bond donors (Lipinski definition) is 2. The summed E-state index contributed by atoms with van der Waals surface area (Å²) in [5.41, 5.74) is 0. The highest BCUT2D eigenvalue weighted by molar-refractivity contribution is 5.10. The maximum atomic E-state index is 9.05. The van der Waals surface area contributed by atoms with E-state index in [2.05, 4.69) is 5.32 Å². The Morgan fingerprint density at radius 1 is 1.58 bits per heavy atom. The van der Waals surface area contributed by atoms with Gasteiger partial charge in [0.1, 0.15) is 5.76 Å². The number of nitrogens with one attached hydrogen (secondary N) is 1. The largest absolute Gasteiger partial charge is 0.469 e. The molecule has 1 aromatic heterocycles. The third-order valence-corrected chi connectivity index (χ3v) is 2.48. The number of rotatable bonds is 2. The van der Waals surface area contributed by atoms with Gasteiger partial charge in [0.25, 0.3) is 0 Å². The number of aliphatic hydroxyl groups excluding tert-OH is 1. The molecule has 2 atom stereocenters. The van der Waals surface area contributed by atoms with Crippen molar-refractivity contribution in [3.8, 4) is 0 Å². The Morgan fingerprint density at radius 3 is 3.17 bits per heavy atom. The molecule has 0 bridgehead atoms. The van der Waals surface area contributed by atoms with Crippen LogP contribution < -0.4 is 5.32 Å². The Balaban J connectivity index is 2.13. The van der Waals surface area contributed by atoms with Gasteiger partial charge in [-0.05, 0) is 12.1 Å². The zero-order valence-corrected chi connectivity index (χ0v) is 6.86. The first-order valence-electron chi connectivity index (χ1n) is 4.27. The molecule has 12 heavy (non-hydrogen) atoms. The molecule has 3 heteroatoms. The number of aliphatic hydroxyl groups is 1. The average Bonchev–Trinajstić information content (AvgIpc) is 2.74. The fourth-order valence-corrected chi connectivity index (χ4v) is 1.76. The molecule has 0 spiro atoms. The molecule has 2 heterocycles. The van der Waals surface area contributed by atoms with Crippen molar-refractivity contribution in [3.05, 3.63) is 24.2 Å². The standard InChI is InChI=1S/C9H13NO2/c11-6-7-4-10-5-8(7)9-2-1-3-12-9/h1-3,7-8,10-11H,4-6H2. The molecular formula is C9H13NO2. The van der Waals surface area contributed by atoms with Crippen molar-refractivity contribution in [1.82, 2.24) is 5.32 Å². The van der Waals surface area contributed by atoms with Crippen molar-refractivity contribution in [1.29, 1.82) is 0 Å². The fourth-order valence-electron chi connectivity index (χ4n) is 1.76. The molecule has 3 nitrogen and oxygen atoms in total. The summed E-state index contributed by atoms with van der Waals surface area (Å²) in [5.74, 6) is 1.65. The van der Waals surface area contributed by atoms with Crippen LogP contribution in [-0.2, 0) is 0 Å². The van der Waals surface area contributed by atoms with Gasteiger partial charge in [0.15, 0.2) is 0 Å². The van der Waals surface area contributed by atoms with E-state index in [0.29, 0.717) is 11.8 Å². The lowest BCUT2D eigenvalue weighted by molar-refractivity contribution is 0.218. The van der Waals surface area contributed by atoms with E-state index in [9.17, 15) is 0 Å². The zero-order chi connectivity index (χ0) is 8.39. The van der Waals surface area contributed by atoms with Gasteiger partial charge in [-0.15, -0.1) is 0 Å². The maximum absolute atomic E-state index is 9.05. The highest BCUT2D eigenvalue weighted by Crippen LogP contribution is 2.27. The SMILES string of the molecule is OCC1CNCC1c1ccco1. The molecule has 1 aliphatic rings. The molecule has 1 aromatic rings. The van der Waals surface area contributed by atoms with E-state index in [-0.39, 0.29) is 6.61 Å². The highest BCUT2D eigenvalue weighted by Gasteiger charge is 2.29. The van der Waals surface area contributed by atoms with Crippen LogP contribution in [0.4, 0.5) is 0 Å². The molecule has 0 amide bonds. The smallest absolute Gasteiger partial charge is 0.108 e. The molecule has 1 fully saturated rings. The Hall–Kier alpha value is -0.800. The molecule has 0 saturated carbocycles. The molecule has 2 N–H and O–H groups in total. The van der Waals surface area contributed by atoms with Gasteiger partial charge < -0.3 is 14.8 Å². The van der Waals surface area contributed by atoms with Crippen LogP contribution >= 0.6 is 0 Å². The molecule has 2 unspecified atom stereocenters. The minimum atomic E-state index is 0.234. The Labute approximate surface area is 71.4 Å². The molecule has 0 radical (unpaired) electrons. The van der Waals surface area contributed by atoms with Gasteiger partial charge in [-0.3, -0.25) is 0 Å². The van der Waals surface area contributed by atoms with E-state index in [0.717, 1.165) is 18.8 Å². The number of hydrogen-bond acceptors (Lipinski definition) is 3. The van der Waals surface area contributed by atoms with Gasteiger partial charge in [0.05, 0.1) is 6.26 Å². The van der Waals surface area contributed by atoms with Crippen molar-refractivity contribution in [3.63, 3.8) is 0 Å². The normalized spacial score (nSPS) is 29.4. The molecule has 66 valence electrons. The minimum absolute atomic E-state index is 0.234. The van der Waals surface area contributed by atoms with Crippen LogP contribution in [0.3, 0.4) is 0 Å². The lowest BCUT2D eigenvalue weighted by Gasteiger charge is -2.12. The average molecular weight is 167 g/mol. The minimum Gasteiger partial charge on any atom is -0.469 e. The van der Waals surface area contributed by atoms with Crippen LogP contribution in [0.25, 0.3) is 0 Å². The van der Waals surface area contributed by atoms with Crippen molar-refractivity contribution < 1.29 is 9.52 Å². The van der Waals surface area contributed by atoms with E-state index in [1.807, 2.05) is 12.1 Å². The van der Waals surface area contributed by atoms with Crippen LogP contribution in [0.15, 0.2) is 22.8 Å². The van der Waals surface area contributed by atoms with Crippen molar-refractivity contribution in [2.75, 3.05) is 19.7 Å². The van der Waals surface area contributed by atoms with Gasteiger partial charge in [-0.2, -0.15) is 0 Å². The molecule has 1 aliphatic heterocycles. The van der Waals surface area contributed by atoms with Crippen LogP contribution in [0.2, 0.25) is 0 Å². The van der Waals surface area contributed by atoms with E-state index in [1.165, 1.54) is 0 Å². The van der Waals surface area contributed by atoms with Crippen LogP contribution in [0.1, 0.15) is 11.7 Å². The lowest BCUT2D eigenvalue weighted by atomic mass is 9.95. The summed E-state index contributed by atoms with van der Waals surface area (Å²) in [4.78, 5) is 0.